The van der Waals surface area contributed by atoms with Crippen molar-refractivity contribution in [2.24, 2.45) is 0 Å². The number of aromatic nitrogens is 4. The number of pyridine rings is 1. The summed E-state index contributed by atoms with van der Waals surface area (Å²) in [7, 11) is 1.63. The molecule has 0 radical (unpaired) electrons. The van der Waals surface area contributed by atoms with Gasteiger partial charge in [0.2, 0.25) is 0 Å². The second-order valence-corrected chi connectivity index (χ2v) is 5.45. The van der Waals surface area contributed by atoms with Gasteiger partial charge in [-0.2, -0.15) is 13.2 Å². The first-order chi connectivity index (χ1) is 11.8. The number of alkyl halides is 3. The third-order valence-corrected chi connectivity index (χ3v) is 3.41. The molecule has 0 spiro atoms. The van der Waals surface area contributed by atoms with E-state index >= 15 is 0 Å². The lowest BCUT2D eigenvalue weighted by atomic mass is 10.2. The van der Waals surface area contributed by atoms with Crippen molar-refractivity contribution in [3.05, 3.63) is 53.8 Å². The molecule has 25 heavy (non-hydrogen) atoms. The lowest BCUT2D eigenvalue weighted by molar-refractivity contribution is -0.141. The molecule has 0 N–H and O–H groups in total. The molecule has 0 fully saturated rings. The zero-order valence-corrected chi connectivity index (χ0v) is 13.4. The monoisotopic (exact) mass is 349 g/mol. The minimum atomic E-state index is -4.58. The maximum atomic E-state index is 13.2. The standard InChI is InChI=1S/C16H14F3N5O/c1-10-7-12(23-25-10)9-24(2)14-8-13(16(17,18)19)21-15(22-14)11-3-5-20-6-4-11/h3-8H,9H2,1-2H3. The number of rotatable bonds is 4. The first-order valence-corrected chi connectivity index (χ1v) is 7.33. The van der Waals surface area contributed by atoms with Crippen LogP contribution >= 0.6 is 0 Å². The van der Waals surface area contributed by atoms with Crippen molar-refractivity contribution in [2.75, 3.05) is 11.9 Å². The molecular formula is C16H14F3N5O. The van der Waals surface area contributed by atoms with Gasteiger partial charge >= 0.3 is 6.18 Å². The maximum Gasteiger partial charge on any atom is 0.433 e. The molecule has 6 nitrogen and oxygen atoms in total. The first-order valence-electron chi connectivity index (χ1n) is 7.33. The molecule has 0 aliphatic rings. The predicted molar refractivity (Wildman–Crippen MR) is 83.6 cm³/mol. The zero-order chi connectivity index (χ0) is 18.0. The van der Waals surface area contributed by atoms with Crippen LogP contribution in [0.5, 0.6) is 0 Å². The van der Waals surface area contributed by atoms with Gasteiger partial charge in [0.05, 0.1) is 6.54 Å². The Morgan fingerprint density at radius 1 is 1.12 bits per heavy atom. The van der Waals surface area contributed by atoms with E-state index in [-0.39, 0.29) is 18.2 Å². The lowest BCUT2D eigenvalue weighted by Gasteiger charge is -2.19. The van der Waals surface area contributed by atoms with Crippen molar-refractivity contribution in [2.45, 2.75) is 19.6 Å². The summed E-state index contributed by atoms with van der Waals surface area (Å²) in [5.41, 5.74) is 0.0400. The van der Waals surface area contributed by atoms with E-state index in [1.807, 2.05) is 0 Å². The topological polar surface area (TPSA) is 67.9 Å². The zero-order valence-electron chi connectivity index (χ0n) is 13.4. The highest BCUT2D eigenvalue weighted by Gasteiger charge is 2.34. The lowest BCUT2D eigenvalue weighted by Crippen LogP contribution is -2.20. The van der Waals surface area contributed by atoms with E-state index in [9.17, 15) is 13.2 Å². The summed E-state index contributed by atoms with van der Waals surface area (Å²) in [6.45, 7) is 1.99. The Hall–Kier alpha value is -2.97. The second-order valence-electron chi connectivity index (χ2n) is 5.45. The molecule has 0 aliphatic carbocycles. The molecule has 130 valence electrons. The summed E-state index contributed by atoms with van der Waals surface area (Å²) >= 11 is 0. The van der Waals surface area contributed by atoms with E-state index < -0.39 is 11.9 Å². The molecule has 3 aromatic heterocycles. The summed E-state index contributed by atoms with van der Waals surface area (Å²) in [6, 6.07) is 5.74. The number of nitrogens with zero attached hydrogens (tertiary/aromatic N) is 5. The van der Waals surface area contributed by atoms with E-state index in [2.05, 4.69) is 20.1 Å². The van der Waals surface area contributed by atoms with Gasteiger partial charge in [0.15, 0.2) is 11.5 Å². The molecule has 3 rings (SSSR count). The fourth-order valence-electron chi connectivity index (χ4n) is 2.22. The molecule has 0 bridgehead atoms. The summed E-state index contributed by atoms with van der Waals surface area (Å²) in [5.74, 6) is 0.741. The van der Waals surface area contributed by atoms with E-state index in [1.165, 1.54) is 12.4 Å². The highest BCUT2D eigenvalue weighted by Crippen LogP contribution is 2.31. The van der Waals surface area contributed by atoms with Crippen LogP contribution in [0, 0.1) is 6.92 Å². The number of halogens is 3. The van der Waals surface area contributed by atoms with Gasteiger partial charge in [-0.25, -0.2) is 9.97 Å². The SMILES string of the molecule is Cc1cc(CN(C)c2cc(C(F)(F)F)nc(-c3ccncc3)n2)no1. The van der Waals surface area contributed by atoms with Gasteiger partial charge in [-0.3, -0.25) is 4.98 Å². The minimum absolute atomic E-state index is 0.0181. The molecule has 3 aromatic rings. The van der Waals surface area contributed by atoms with Gasteiger partial charge in [0.25, 0.3) is 0 Å². The van der Waals surface area contributed by atoms with Crippen molar-refractivity contribution in [1.29, 1.82) is 0 Å². The number of aryl methyl sites for hydroxylation is 1. The fourth-order valence-corrected chi connectivity index (χ4v) is 2.22. The van der Waals surface area contributed by atoms with Gasteiger partial charge in [0.1, 0.15) is 17.3 Å². The molecule has 0 aliphatic heterocycles. The maximum absolute atomic E-state index is 13.2. The van der Waals surface area contributed by atoms with Crippen LogP contribution in [0.4, 0.5) is 19.0 Å². The van der Waals surface area contributed by atoms with E-state index in [1.54, 1.807) is 37.1 Å². The van der Waals surface area contributed by atoms with Crippen LogP contribution in [0.2, 0.25) is 0 Å². The number of anilines is 1. The Kier molecular flexibility index (Phi) is 4.39. The van der Waals surface area contributed by atoms with E-state index in [0.717, 1.165) is 6.07 Å². The third-order valence-electron chi connectivity index (χ3n) is 3.41. The summed E-state index contributed by atoms with van der Waals surface area (Å²) in [5, 5.41) is 3.84. The minimum Gasteiger partial charge on any atom is -0.361 e. The van der Waals surface area contributed by atoms with E-state index in [4.69, 9.17) is 4.52 Å². The largest absolute Gasteiger partial charge is 0.433 e. The fraction of sp³-hybridized carbons (Fsp3) is 0.250. The Balaban J connectivity index is 2.00. The van der Waals surface area contributed by atoms with Crippen molar-refractivity contribution in [1.82, 2.24) is 20.1 Å². The van der Waals surface area contributed by atoms with Gasteiger partial charge in [-0.05, 0) is 19.1 Å². The molecule has 0 amide bonds. The average molecular weight is 349 g/mol. The van der Waals surface area contributed by atoms with Crippen molar-refractivity contribution in [3.8, 4) is 11.4 Å². The Bertz CT molecular complexity index is 864. The summed E-state index contributed by atoms with van der Waals surface area (Å²) in [6.07, 6.45) is -1.63. The molecule has 0 saturated heterocycles. The van der Waals surface area contributed by atoms with Crippen molar-refractivity contribution >= 4 is 5.82 Å². The Morgan fingerprint density at radius 3 is 2.44 bits per heavy atom. The Morgan fingerprint density at radius 2 is 1.84 bits per heavy atom. The quantitative estimate of drug-likeness (QED) is 0.718. The van der Waals surface area contributed by atoms with Crippen LogP contribution in [0.3, 0.4) is 0 Å². The van der Waals surface area contributed by atoms with Crippen LogP contribution in [0.15, 0.2) is 41.2 Å². The predicted octanol–water partition coefficient (Wildman–Crippen LogP) is 3.49. The van der Waals surface area contributed by atoms with Gasteiger partial charge in [-0.15, -0.1) is 0 Å². The smallest absolute Gasteiger partial charge is 0.361 e. The van der Waals surface area contributed by atoms with Crippen LogP contribution in [0.25, 0.3) is 11.4 Å². The number of hydrogen-bond donors (Lipinski definition) is 0. The van der Waals surface area contributed by atoms with Crippen LogP contribution in [-0.2, 0) is 12.7 Å². The number of hydrogen-bond acceptors (Lipinski definition) is 6. The van der Waals surface area contributed by atoms with Crippen LogP contribution in [0.1, 0.15) is 17.1 Å². The first kappa shape index (κ1) is 16.9. The van der Waals surface area contributed by atoms with E-state index in [0.29, 0.717) is 17.0 Å². The molecule has 0 aromatic carbocycles. The molecule has 0 unspecified atom stereocenters. The van der Waals surface area contributed by atoms with Crippen molar-refractivity contribution in [3.63, 3.8) is 0 Å². The van der Waals surface area contributed by atoms with Crippen molar-refractivity contribution < 1.29 is 17.7 Å². The summed E-state index contributed by atoms with van der Waals surface area (Å²) in [4.78, 5) is 13.3. The third kappa shape index (κ3) is 3.93. The molecule has 0 atom stereocenters. The Labute approximate surface area is 141 Å². The van der Waals surface area contributed by atoms with Gasteiger partial charge in [-0.1, -0.05) is 5.16 Å². The second kappa shape index (κ2) is 6.50. The highest BCUT2D eigenvalue weighted by atomic mass is 19.4. The van der Waals surface area contributed by atoms with Gasteiger partial charge in [0, 0.05) is 37.1 Å². The average Bonchev–Trinajstić information content (AvgIpc) is 2.99. The molecule has 3 heterocycles. The molecular weight excluding hydrogens is 335 g/mol. The molecule has 0 saturated carbocycles. The van der Waals surface area contributed by atoms with Gasteiger partial charge < -0.3 is 9.42 Å². The van der Waals surface area contributed by atoms with Crippen LogP contribution < -0.4 is 4.90 Å². The molecule has 9 heteroatoms. The highest BCUT2D eigenvalue weighted by molar-refractivity contribution is 5.57. The normalized spacial score (nSPS) is 11.6. The summed E-state index contributed by atoms with van der Waals surface area (Å²) < 4.78 is 44.6. The van der Waals surface area contributed by atoms with Crippen LogP contribution in [-0.4, -0.2) is 27.2 Å².